The quantitative estimate of drug-likeness (QED) is 0.599. The molecule has 1 N–H and O–H groups in total. The van der Waals surface area contributed by atoms with E-state index in [0.29, 0.717) is 13.2 Å². The van der Waals surface area contributed by atoms with Crippen molar-refractivity contribution in [2.75, 3.05) is 19.8 Å². The normalized spacial score (nSPS) is 32.2. The van der Waals surface area contributed by atoms with Crippen molar-refractivity contribution in [2.24, 2.45) is 0 Å². The molecule has 1 saturated carbocycles. The van der Waals surface area contributed by atoms with E-state index < -0.39 is 18.1 Å². The molecule has 1 saturated heterocycles. The first-order valence-electron chi connectivity index (χ1n) is 3.76. The fraction of sp³-hybridized carbons (Fsp3) is 1.00. The van der Waals surface area contributed by atoms with Crippen molar-refractivity contribution >= 4 is 0 Å². The fourth-order valence-electron chi connectivity index (χ4n) is 1.73. The highest BCUT2D eigenvalue weighted by Gasteiger charge is 2.59. The van der Waals surface area contributed by atoms with Gasteiger partial charge in [0.2, 0.25) is 0 Å². The molecule has 0 aromatic rings. The number of aliphatic hydroxyl groups excluding tert-OH is 1. The standard InChI is InChI=1S/C7H11FO3/c8-6(5-9)3-7(4-6)10-1-2-11-7/h9H,1-5H2. The molecule has 1 aliphatic carbocycles. The van der Waals surface area contributed by atoms with E-state index in [1.54, 1.807) is 0 Å². The van der Waals surface area contributed by atoms with E-state index in [0.717, 1.165) is 0 Å². The van der Waals surface area contributed by atoms with Gasteiger partial charge in [0.15, 0.2) is 5.79 Å². The molecular weight excluding hydrogens is 151 g/mol. The Kier molecular flexibility index (Phi) is 1.46. The van der Waals surface area contributed by atoms with Crippen LogP contribution in [0.15, 0.2) is 0 Å². The largest absolute Gasteiger partial charge is 0.393 e. The lowest BCUT2D eigenvalue weighted by Gasteiger charge is -2.46. The summed E-state index contributed by atoms with van der Waals surface area (Å²) in [5, 5.41) is 8.60. The Morgan fingerprint density at radius 1 is 1.27 bits per heavy atom. The number of rotatable bonds is 1. The highest BCUT2D eigenvalue weighted by Crippen LogP contribution is 2.48. The SMILES string of the molecule is OCC1(F)CC2(C1)OCCO2. The minimum Gasteiger partial charge on any atom is -0.393 e. The first-order valence-corrected chi connectivity index (χ1v) is 3.76. The molecule has 2 fully saturated rings. The molecule has 3 nitrogen and oxygen atoms in total. The maximum absolute atomic E-state index is 13.1. The van der Waals surface area contributed by atoms with Crippen molar-refractivity contribution < 1.29 is 19.0 Å². The van der Waals surface area contributed by atoms with Crippen LogP contribution in [0.4, 0.5) is 4.39 Å². The van der Waals surface area contributed by atoms with Crippen LogP contribution in [0.3, 0.4) is 0 Å². The molecule has 0 radical (unpaired) electrons. The van der Waals surface area contributed by atoms with E-state index in [4.69, 9.17) is 14.6 Å². The predicted molar refractivity (Wildman–Crippen MR) is 34.8 cm³/mol. The minimum absolute atomic E-state index is 0.177. The van der Waals surface area contributed by atoms with Crippen molar-refractivity contribution in [2.45, 2.75) is 24.3 Å². The van der Waals surface area contributed by atoms with Gasteiger partial charge in [0.25, 0.3) is 0 Å². The van der Waals surface area contributed by atoms with E-state index in [1.165, 1.54) is 0 Å². The second-order valence-electron chi connectivity index (χ2n) is 3.27. The number of halogens is 1. The third-order valence-electron chi connectivity index (χ3n) is 2.27. The number of hydrogen-bond acceptors (Lipinski definition) is 3. The van der Waals surface area contributed by atoms with Gasteiger partial charge in [-0.25, -0.2) is 4.39 Å². The monoisotopic (exact) mass is 162 g/mol. The minimum atomic E-state index is -1.45. The van der Waals surface area contributed by atoms with Gasteiger partial charge in [0.1, 0.15) is 5.67 Å². The third-order valence-corrected chi connectivity index (χ3v) is 2.27. The van der Waals surface area contributed by atoms with Crippen LogP contribution in [-0.4, -0.2) is 36.4 Å². The molecule has 0 unspecified atom stereocenters. The van der Waals surface area contributed by atoms with Gasteiger partial charge in [-0.1, -0.05) is 0 Å². The maximum Gasteiger partial charge on any atom is 0.174 e. The number of aliphatic hydroxyl groups is 1. The summed E-state index contributed by atoms with van der Waals surface area (Å²) >= 11 is 0. The zero-order valence-electron chi connectivity index (χ0n) is 6.18. The maximum atomic E-state index is 13.1. The summed E-state index contributed by atoms with van der Waals surface area (Å²) in [6.45, 7) is 0.657. The highest BCUT2D eigenvalue weighted by molar-refractivity contribution is 5.02. The predicted octanol–water partition coefficient (Wildman–Crippen LogP) is 0.224. The molecule has 0 atom stereocenters. The lowest BCUT2D eigenvalue weighted by molar-refractivity contribution is -0.271. The summed E-state index contributed by atoms with van der Waals surface area (Å²) in [5.41, 5.74) is -1.45. The summed E-state index contributed by atoms with van der Waals surface area (Å²) in [4.78, 5) is 0. The van der Waals surface area contributed by atoms with Crippen molar-refractivity contribution in [3.05, 3.63) is 0 Å². The molecule has 0 amide bonds. The summed E-state index contributed by atoms with van der Waals surface area (Å²) in [5.74, 6) is -0.683. The van der Waals surface area contributed by atoms with Crippen LogP contribution in [0.1, 0.15) is 12.8 Å². The average molecular weight is 162 g/mol. The Morgan fingerprint density at radius 3 is 2.27 bits per heavy atom. The van der Waals surface area contributed by atoms with Gasteiger partial charge in [-0.15, -0.1) is 0 Å². The molecule has 0 aromatic carbocycles. The molecule has 64 valence electrons. The average Bonchev–Trinajstić information content (AvgIpc) is 2.35. The Hall–Kier alpha value is -0.190. The van der Waals surface area contributed by atoms with E-state index in [1.807, 2.05) is 0 Å². The Balaban J connectivity index is 1.95. The van der Waals surface area contributed by atoms with Crippen molar-refractivity contribution in [1.29, 1.82) is 0 Å². The van der Waals surface area contributed by atoms with Crippen LogP contribution in [0, 0.1) is 0 Å². The summed E-state index contributed by atoms with van der Waals surface area (Å²) in [6.07, 6.45) is 0.354. The molecule has 1 heterocycles. The second-order valence-corrected chi connectivity index (χ2v) is 3.27. The first kappa shape index (κ1) is 7.46. The molecule has 0 bridgehead atoms. The Morgan fingerprint density at radius 2 is 1.82 bits per heavy atom. The smallest absolute Gasteiger partial charge is 0.174 e. The molecule has 4 heteroatoms. The number of hydrogen-bond donors (Lipinski definition) is 1. The van der Waals surface area contributed by atoms with Crippen molar-refractivity contribution in [3.8, 4) is 0 Å². The lowest BCUT2D eigenvalue weighted by atomic mass is 9.76. The van der Waals surface area contributed by atoms with Gasteiger partial charge in [-0.3, -0.25) is 0 Å². The van der Waals surface area contributed by atoms with E-state index in [-0.39, 0.29) is 12.8 Å². The van der Waals surface area contributed by atoms with Crippen LogP contribution >= 0.6 is 0 Å². The Bertz CT molecular complexity index is 157. The van der Waals surface area contributed by atoms with E-state index in [9.17, 15) is 4.39 Å². The molecule has 2 rings (SSSR count). The number of ether oxygens (including phenoxy) is 2. The van der Waals surface area contributed by atoms with Crippen LogP contribution in [-0.2, 0) is 9.47 Å². The fourth-order valence-corrected chi connectivity index (χ4v) is 1.73. The molecule has 1 aliphatic heterocycles. The van der Waals surface area contributed by atoms with Gasteiger partial charge >= 0.3 is 0 Å². The molecule has 11 heavy (non-hydrogen) atoms. The van der Waals surface area contributed by atoms with Crippen LogP contribution in [0.5, 0.6) is 0 Å². The van der Waals surface area contributed by atoms with Crippen LogP contribution in [0.25, 0.3) is 0 Å². The van der Waals surface area contributed by atoms with Gasteiger partial charge in [-0.2, -0.15) is 0 Å². The molecule has 2 aliphatic rings. The molecular formula is C7H11FO3. The topological polar surface area (TPSA) is 38.7 Å². The summed E-state index contributed by atoms with van der Waals surface area (Å²) in [7, 11) is 0. The lowest BCUT2D eigenvalue weighted by Crippen LogP contribution is -2.56. The van der Waals surface area contributed by atoms with Crippen molar-refractivity contribution in [3.63, 3.8) is 0 Å². The molecule has 1 spiro atoms. The first-order chi connectivity index (χ1) is 5.18. The van der Waals surface area contributed by atoms with E-state index in [2.05, 4.69) is 0 Å². The van der Waals surface area contributed by atoms with Crippen LogP contribution < -0.4 is 0 Å². The van der Waals surface area contributed by atoms with E-state index >= 15 is 0 Å². The zero-order valence-corrected chi connectivity index (χ0v) is 6.18. The van der Waals surface area contributed by atoms with Gasteiger partial charge < -0.3 is 14.6 Å². The van der Waals surface area contributed by atoms with Gasteiger partial charge in [-0.05, 0) is 0 Å². The Labute approximate surface area is 64.1 Å². The van der Waals surface area contributed by atoms with Gasteiger partial charge in [0, 0.05) is 12.8 Å². The molecule has 0 aromatic heterocycles. The summed E-state index contributed by atoms with van der Waals surface area (Å²) in [6, 6.07) is 0. The number of alkyl halides is 1. The summed E-state index contributed by atoms with van der Waals surface area (Å²) < 4.78 is 23.5. The third kappa shape index (κ3) is 1.06. The van der Waals surface area contributed by atoms with Crippen molar-refractivity contribution in [1.82, 2.24) is 0 Å². The second kappa shape index (κ2) is 2.15. The van der Waals surface area contributed by atoms with Gasteiger partial charge in [0.05, 0.1) is 19.8 Å². The zero-order chi connectivity index (χ0) is 7.95. The van der Waals surface area contributed by atoms with Crippen LogP contribution in [0.2, 0.25) is 0 Å². The highest BCUT2D eigenvalue weighted by atomic mass is 19.1.